The van der Waals surface area contributed by atoms with Crippen molar-refractivity contribution in [2.75, 3.05) is 25.0 Å². The van der Waals surface area contributed by atoms with E-state index >= 15 is 0 Å². The lowest BCUT2D eigenvalue weighted by Crippen LogP contribution is -2.27. The van der Waals surface area contributed by atoms with E-state index in [1.807, 2.05) is 6.92 Å². The Bertz CT molecular complexity index is 869. The molecule has 0 unspecified atom stereocenters. The zero-order chi connectivity index (χ0) is 18.4. The molecule has 134 valence electrons. The van der Waals surface area contributed by atoms with Crippen molar-refractivity contribution in [2.45, 2.75) is 11.8 Å². The number of amides is 1. The second-order valence-corrected chi connectivity index (χ2v) is 7.44. The Labute approximate surface area is 152 Å². The van der Waals surface area contributed by atoms with Gasteiger partial charge in [-0.25, -0.2) is 8.42 Å². The van der Waals surface area contributed by atoms with Gasteiger partial charge in [-0.2, -0.15) is 0 Å². The van der Waals surface area contributed by atoms with Crippen LogP contribution < -0.4 is 10.0 Å². The van der Waals surface area contributed by atoms with Crippen LogP contribution in [-0.2, 0) is 14.8 Å². The second-order valence-electron chi connectivity index (χ2n) is 5.35. The molecule has 0 bridgehead atoms. The fourth-order valence-electron chi connectivity index (χ4n) is 2.04. The highest BCUT2D eigenvalue weighted by atomic mass is 35.5. The fourth-order valence-corrected chi connectivity index (χ4v) is 3.32. The second kappa shape index (κ2) is 8.33. The summed E-state index contributed by atoms with van der Waals surface area (Å²) in [7, 11) is -2.31. The maximum Gasteiger partial charge on any atom is 0.261 e. The summed E-state index contributed by atoms with van der Waals surface area (Å²) in [5.74, 6) is -0.368. The van der Waals surface area contributed by atoms with E-state index in [9.17, 15) is 13.2 Å². The van der Waals surface area contributed by atoms with Crippen LogP contribution in [0.3, 0.4) is 0 Å². The zero-order valence-corrected chi connectivity index (χ0v) is 15.4. The molecular weight excluding hydrogens is 364 g/mol. The highest BCUT2D eigenvalue weighted by Gasteiger charge is 2.17. The van der Waals surface area contributed by atoms with Crippen molar-refractivity contribution < 1.29 is 17.9 Å². The van der Waals surface area contributed by atoms with Gasteiger partial charge in [-0.1, -0.05) is 23.7 Å². The number of anilines is 1. The Morgan fingerprint density at radius 3 is 2.64 bits per heavy atom. The topological polar surface area (TPSA) is 84.5 Å². The van der Waals surface area contributed by atoms with Crippen LogP contribution in [0.2, 0.25) is 5.02 Å². The van der Waals surface area contributed by atoms with E-state index in [1.54, 1.807) is 18.2 Å². The molecule has 0 heterocycles. The van der Waals surface area contributed by atoms with Gasteiger partial charge in [0.1, 0.15) is 0 Å². The molecule has 8 heteroatoms. The van der Waals surface area contributed by atoms with Crippen LogP contribution in [0.15, 0.2) is 47.4 Å². The number of hydrogen-bond acceptors (Lipinski definition) is 4. The van der Waals surface area contributed by atoms with E-state index in [4.69, 9.17) is 16.3 Å². The zero-order valence-electron chi connectivity index (χ0n) is 13.9. The van der Waals surface area contributed by atoms with Gasteiger partial charge in [0.15, 0.2) is 0 Å². The normalized spacial score (nSPS) is 11.2. The number of ether oxygens (including phenoxy) is 1. The largest absolute Gasteiger partial charge is 0.383 e. The number of halogens is 1. The number of nitrogens with one attached hydrogen (secondary N) is 2. The van der Waals surface area contributed by atoms with Crippen molar-refractivity contribution in [3.05, 3.63) is 58.6 Å². The van der Waals surface area contributed by atoms with E-state index in [1.165, 1.54) is 31.4 Å². The molecule has 0 saturated carbocycles. The van der Waals surface area contributed by atoms with Gasteiger partial charge in [-0.15, -0.1) is 0 Å². The van der Waals surface area contributed by atoms with Gasteiger partial charge in [0.2, 0.25) is 0 Å². The van der Waals surface area contributed by atoms with Gasteiger partial charge in [-0.3, -0.25) is 9.52 Å². The minimum atomic E-state index is -3.84. The van der Waals surface area contributed by atoms with E-state index in [-0.39, 0.29) is 16.4 Å². The molecule has 0 radical (unpaired) electrons. The Kier molecular flexibility index (Phi) is 6.41. The molecule has 2 aromatic rings. The Hall–Kier alpha value is -2.09. The highest BCUT2D eigenvalue weighted by Crippen LogP contribution is 2.23. The number of rotatable bonds is 7. The van der Waals surface area contributed by atoms with Crippen LogP contribution in [0, 0.1) is 6.92 Å². The standard InChI is InChI=1S/C17H19ClN2O4S/c1-12-6-7-14(11-16(12)18)20-25(22,23)15-5-3-4-13(10-15)17(21)19-8-9-24-2/h3-7,10-11,20H,8-9H2,1-2H3,(H,19,21). The summed E-state index contributed by atoms with van der Waals surface area (Å²) in [6.45, 7) is 2.54. The molecule has 0 spiro atoms. The molecule has 25 heavy (non-hydrogen) atoms. The summed E-state index contributed by atoms with van der Waals surface area (Å²) in [6, 6.07) is 10.7. The maximum absolute atomic E-state index is 12.5. The first-order chi connectivity index (χ1) is 11.8. The molecular formula is C17H19ClN2O4S. The minimum absolute atomic E-state index is 0.0106. The SMILES string of the molecule is COCCNC(=O)c1cccc(S(=O)(=O)Nc2ccc(C)c(Cl)c2)c1. The van der Waals surface area contributed by atoms with Crippen molar-refractivity contribution in [3.63, 3.8) is 0 Å². The molecule has 0 saturated heterocycles. The van der Waals surface area contributed by atoms with Crippen LogP contribution in [0.1, 0.15) is 15.9 Å². The third-order valence-corrected chi connectivity index (χ3v) is 5.21. The van der Waals surface area contributed by atoms with E-state index in [2.05, 4.69) is 10.0 Å². The summed E-state index contributed by atoms with van der Waals surface area (Å²) < 4.78 is 32.4. The summed E-state index contributed by atoms with van der Waals surface area (Å²) in [5.41, 5.74) is 1.45. The smallest absolute Gasteiger partial charge is 0.261 e. The number of aryl methyl sites for hydroxylation is 1. The third kappa shape index (κ3) is 5.19. The van der Waals surface area contributed by atoms with Crippen LogP contribution in [0.25, 0.3) is 0 Å². The number of methoxy groups -OCH3 is 1. The molecule has 0 aliphatic carbocycles. The number of sulfonamides is 1. The van der Waals surface area contributed by atoms with Gasteiger partial charge in [0.25, 0.3) is 15.9 Å². The fraction of sp³-hybridized carbons (Fsp3) is 0.235. The quantitative estimate of drug-likeness (QED) is 0.721. The molecule has 0 fully saturated rings. The van der Waals surface area contributed by atoms with Gasteiger partial charge in [0.05, 0.1) is 17.2 Å². The number of benzene rings is 2. The molecule has 2 aromatic carbocycles. The molecule has 0 aliphatic heterocycles. The van der Waals surface area contributed by atoms with Crippen molar-refractivity contribution in [1.29, 1.82) is 0 Å². The summed E-state index contributed by atoms with van der Waals surface area (Å²) in [5, 5.41) is 3.11. The monoisotopic (exact) mass is 382 g/mol. The van der Waals surface area contributed by atoms with Crippen molar-refractivity contribution in [1.82, 2.24) is 5.32 Å². The van der Waals surface area contributed by atoms with Crippen molar-refractivity contribution >= 4 is 33.2 Å². The number of carbonyl (C=O) groups is 1. The molecule has 2 N–H and O–H groups in total. The molecule has 6 nitrogen and oxygen atoms in total. The number of carbonyl (C=O) groups excluding carboxylic acids is 1. The predicted molar refractivity (Wildman–Crippen MR) is 97.6 cm³/mol. The lowest BCUT2D eigenvalue weighted by molar-refractivity contribution is 0.0937. The maximum atomic E-state index is 12.5. The lowest BCUT2D eigenvalue weighted by atomic mass is 10.2. The van der Waals surface area contributed by atoms with E-state index in [0.29, 0.717) is 23.9 Å². The predicted octanol–water partition coefficient (Wildman–Crippen LogP) is 2.83. The van der Waals surface area contributed by atoms with Crippen LogP contribution >= 0.6 is 11.6 Å². The molecule has 2 rings (SSSR count). The summed E-state index contributed by atoms with van der Waals surface area (Å²) in [4.78, 5) is 12.0. The molecule has 0 aliphatic rings. The molecule has 0 atom stereocenters. The lowest BCUT2D eigenvalue weighted by Gasteiger charge is -2.10. The first kappa shape index (κ1) is 19.2. The minimum Gasteiger partial charge on any atom is -0.383 e. The van der Waals surface area contributed by atoms with E-state index < -0.39 is 10.0 Å². The first-order valence-corrected chi connectivity index (χ1v) is 9.36. The summed E-state index contributed by atoms with van der Waals surface area (Å²) in [6.07, 6.45) is 0. The van der Waals surface area contributed by atoms with Gasteiger partial charge in [-0.05, 0) is 42.8 Å². The van der Waals surface area contributed by atoms with Crippen LogP contribution in [0.4, 0.5) is 5.69 Å². The third-order valence-electron chi connectivity index (χ3n) is 3.42. The summed E-state index contributed by atoms with van der Waals surface area (Å²) >= 11 is 6.02. The van der Waals surface area contributed by atoms with E-state index in [0.717, 1.165) is 5.56 Å². The molecule has 0 aromatic heterocycles. The average molecular weight is 383 g/mol. The highest BCUT2D eigenvalue weighted by molar-refractivity contribution is 7.92. The van der Waals surface area contributed by atoms with Crippen LogP contribution in [0.5, 0.6) is 0 Å². The number of hydrogen-bond donors (Lipinski definition) is 2. The average Bonchev–Trinajstić information content (AvgIpc) is 2.58. The Morgan fingerprint density at radius 2 is 1.96 bits per heavy atom. The Balaban J connectivity index is 2.20. The van der Waals surface area contributed by atoms with Gasteiger partial charge < -0.3 is 10.1 Å². The molecule has 1 amide bonds. The van der Waals surface area contributed by atoms with Gasteiger partial charge in [0, 0.05) is 24.2 Å². The van der Waals surface area contributed by atoms with Gasteiger partial charge >= 0.3 is 0 Å². The van der Waals surface area contributed by atoms with Crippen molar-refractivity contribution in [3.8, 4) is 0 Å². The van der Waals surface area contributed by atoms with Crippen molar-refractivity contribution in [2.24, 2.45) is 0 Å². The first-order valence-electron chi connectivity index (χ1n) is 7.49. The Morgan fingerprint density at radius 1 is 1.20 bits per heavy atom. The van der Waals surface area contributed by atoms with Crippen LogP contribution in [-0.4, -0.2) is 34.6 Å².